The molecule has 0 aromatic rings. The van der Waals surface area contributed by atoms with E-state index in [9.17, 15) is 9.59 Å². The fourth-order valence-corrected chi connectivity index (χ4v) is 2.50. The molecule has 0 aromatic heterocycles. The lowest BCUT2D eigenvalue weighted by molar-refractivity contribution is -0.143. The van der Waals surface area contributed by atoms with Crippen molar-refractivity contribution < 1.29 is 14.7 Å². The number of unbranched alkanes of at least 4 members (excludes halogenated alkanes) is 2. The Morgan fingerprint density at radius 2 is 2.11 bits per heavy atom. The van der Waals surface area contributed by atoms with Gasteiger partial charge in [-0.1, -0.05) is 26.2 Å². The molecular formula is C14H26N2O3. The normalized spacial score (nSPS) is 20.9. The summed E-state index contributed by atoms with van der Waals surface area (Å²) in [6.45, 7) is 4.67. The Bertz CT molecular complexity index is 307. The van der Waals surface area contributed by atoms with Crippen LogP contribution in [0, 0.1) is 0 Å². The number of aliphatic carboxylic acids is 1. The molecule has 0 bridgehead atoms. The zero-order valence-electron chi connectivity index (χ0n) is 12.0. The monoisotopic (exact) mass is 270 g/mol. The zero-order chi connectivity index (χ0) is 14.3. The Kier molecular flexibility index (Phi) is 6.67. The molecule has 1 saturated heterocycles. The highest BCUT2D eigenvalue weighted by Crippen LogP contribution is 2.17. The average molecular weight is 270 g/mol. The lowest BCUT2D eigenvalue weighted by Gasteiger charge is -2.33. The van der Waals surface area contributed by atoms with Gasteiger partial charge in [0.15, 0.2) is 0 Å². The zero-order valence-corrected chi connectivity index (χ0v) is 12.0. The number of amides is 2. The number of hydrogen-bond acceptors (Lipinski definition) is 2. The number of hydrogen-bond donors (Lipinski definition) is 2. The predicted molar refractivity (Wildman–Crippen MR) is 74.1 cm³/mol. The Hall–Kier alpha value is -1.26. The molecule has 1 aliphatic rings. The lowest BCUT2D eigenvalue weighted by atomic mass is 10.0. The molecule has 5 heteroatoms. The summed E-state index contributed by atoms with van der Waals surface area (Å²) in [7, 11) is 0. The molecule has 1 heterocycles. The number of carboxylic acids is 1. The van der Waals surface area contributed by atoms with Gasteiger partial charge in [0.2, 0.25) is 0 Å². The van der Waals surface area contributed by atoms with E-state index < -0.39 is 12.0 Å². The summed E-state index contributed by atoms with van der Waals surface area (Å²) >= 11 is 0. The number of rotatable bonds is 6. The first-order chi connectivity index (χ1) is 9.06. The Morgan fingerprint density at radius 3 is 2.74 bits per heavy atom. The summed E-state index contributed by atoms with van der Waals surface area (Å²) in [5.74, 6) is -0.895. The van der Waals surface area contributed by atoms with Gasteiger partial charge in [-0.05, 0) is 32.6 Å². The van der Waals surface area contributed by atoms with Gasteiger partial charge in [-0.3, -0.25) is 0 Å². The largest absolute Gasteiger partial charge is 0.480 e. The van der Waals surface area contributed by atoms with E-state index >= 15 is 0 Å². The molecular weight excluding hydrogens is 244 g/mol. The van der Waals surface area contributed by atoms with E-state index in [0.29, 0.717) is 13.0 Å². The molecule has 110 valence electrons. The van der Waals surface area contributed by atoms with E-state index in [1.165, 1.54) is 11.3 Å². The topological polar surface area (TPSA) is 69.6 Å². The third-order valence-electron chi connectivity index (χ3n) is 3.66. The molecule has 1 aliphatic heterocycles. The van der Waals surface area contributed by atoms with Crippen LogP contribution in [0.15, 0.2) is 0 Å². The Balaban J connectivity index is 2.43. The van der Waals surface area contributed by atoms with Crippen LogP contribution in [-0.2, 0) is 4.79 Å². The Labute approximate surface area is 115 Å². The molecule has 0 aliphatic carbocycles. The van der Waals surface area contributed by atoms with Crippen LogP contribution in [0.4, 0.5) is 4.79 Å². The van der Waals surface area contributed by atoms with E-state index in [1.54, 1.807) is 0 Å². The minimum atomic E-state index is -0.895. The first-order valence-electron chi connectivity index (χ1n) is 7.36. The highest BCUT2D eigenvalue weighted by atomic mass is 16.4. The first-order valence-corrected chi connectivity index (χ1v) is 7.36. The molecule has 2 N–H and O–H groups in total. The van der Waals surface area contributed by atoms with Crippen LogP contribution in [0.25, 0.3) is 0 Å². The molecule has 0 spiro atoms. The van der Waals surface area contributed by atoms with Crippen LogP contribution in [0.2, 0.25) is 0 Å². The number of carbonyl (C=O) groups is 2. The van der Waals surface area contributed by atoms with Crippen LogP contribution in [0.1, 0.15) is 58.8 Å². The maximum atomic E-state index is 12.1. The van der Waals surface area contributed by atoms with Crippen molar-refractivity contribution in [2.24, 2.45) is 0 Å². The van der Waals surface area contributed by atoms with E-state index in [0.717, 1.165) is 32.1 Å². The van der Waals surface area contributed by atoms with Crippen LogP contribution in [-0.4, -0.2) is 40.6 Å². The Morgan fingerprint density at radius 1 is 1.37 bits per heavy atom. The van der Waals surface area contributed by atoms with Crippen molar-refractivity contribution in [1.29, 1.82) is 0 Å². The molecule has 0 aromatic carbocycles. The molecule has 0 saturated carbocycles. The van der Waals surface area contributed by atoms with Gasteiger partial charge in [0.05, 0.1) is 0 Å². The first kappa shape index (κ1) is 15.8. The summed E-state index contributed by atoms with van der Waals surface area (Å²) < 4.78 is 0. The fourth-order valence-electron chi connectivity index (χ4n) is 2.50. The summed E-state index contributed by atoms with van der Waals surface area (Å²) in [6.07, 6.45) is 6.71. The van der Waals surface area contributed by atoms with Crippen molar-refractivity contribution in [3.8, 4) is 0 Å². The number of likely N-dealkylation sites (tertiary alicyclic amines) is 1. The maximum Gasteiger partial charge on any atom is 0.326 e. The van der Waals surface area contributed by atoms with Crippen LogP contribution in [0.5, 0.6) is 0 Å². The van der Waals surface area contributed by atoms with Crippen molar-refractivity contribution in [3.05, 3.63) is 0 Å². The fraction of sp³-hybridized carbons (Fsp3) is 0.857. The van der Waals surface area contributed by atoms with Crippen molar-refractivity contribution in [2.45, 2.75) is 70.9 Å². The van der Waals surface area contributed by atoms with Gasteiger partial charge in [-0.15, -0.1) is 0 Å². The highest BCUT2D eigenvalue weighted by Gasteiger charge is 2.32. The van der Waals surface area contributed by atoms with Gasteiger partial charge in [-0.25, -0.2) is 9.59 Å². The van der Waals surface area contributed by atoms with Gasteiger partial charge < -0.3 is 15.3 Å². The molecule has 1 rings (SSSR count). The molecule has 2 unspecified atom stereocenters. The third-order valence-corrected chi connectivity index (χ3v) is 3.66. The number of carboxylic acid groups (broad SMARTS) is 1. The molecule has 2 amide bonds. The highest BCUT2D eigenvalue weighted by molar-refractivity contribution is 5.83. The summed E-state index contributed by atoms with van der Waals surface area (Å²) in [5, 5.41) is 12.1. The second-order valence-corrected chi connectivity index (χ2v) is 5.39. The summed E-state index contributed by atoms with van der Waals surface area (Å²) in [5.41, 5.74) is 0. The standard InChI is InChI=1S/C14H26N2O3/c1-3-4-5-8-11(2)15-14(19)16-10-7-6-9-12(16)13(17)18/h11-12H,3-10H2,1-2H3,(H,15,19)(H,17,18). The molecule has 2 atom stereocenters. The van der Waals surface area contributed by atoms with Gasteiger partial charge in [-0.2, -0.15) is 0 Å². The number of nitrogens with one attached hydrogen (secondary N) is 1. The maximum absolute atomic E-state index is 12.1. The number of piperidine rings is 1. The average Bonchev–Trinajstić information content (AvgIpc) is 2.39. The smallest absolute Gasteiger partial charge is 0.326 e. The van der Waals surface area contributed by atoms with E-state index in [2.05, 4.69) is 12.2 Å². The predicted octanol–water partition coefficient (Wildman–Crippen LogP) is 2.60. The minimum Gasteiger partial charge on any atom is -0.480 e. The quantitative estimate of drug-likeness (QED) is 0.729. The van der Waals surface area contributed by atoms with Gasteiger partial charge in [0, 0.05) is 12.6 Å². The minimum absolute atomic E-state index is 0.107. The SMILES string of the molecule is CCCCCC(C)NC(=O)N1CCCCC1C(=O)O. The second-order valence-electron chi connectivity index (χ2n) is 5.39. The lowest BCUT2D eigenvalue weighted by Crippen LogP contribution is -2.53. The molecule has 1 fully saturated rings. The van der Waals surface area contributed by atoms with Crippen LogP contribution >= 0.6 is 0 Å². The van der Waals surface area contributed by atoms with Crippen molar-refractivity contribution in [1.82, 2.24) is 10.2 Å². The van der Waals surface area contributed by atoms with Gasteiger partial charge >= 0.3 is 12.0 Å². The summed E-state index contributed by atoms with van der Waals surface area (Å²) in [6, 6.07) is -0.775. The number of nitrogens with zero attached hydrogens (tertiary/aromatic N) is 1. The second kappa shape index (κ2) is 8.02. The summed E-state index contributed by atoms with van der Waals surface area (Å²) in [4.78, 5) is 24.7. The number of carbonyl (C=O) groups excluding carboxylic acids is 1. The molecule has 19 heavy (non-hydrogen) atoms. The van der Waals surface area contributed by atoms with Gasteiger partial charge in [0.25, 0.3) is 0 Å². The number of urea groups is 1. The van der Waals surface area contributed by atoms with Crippen LogP contribution < -0.4 is 5.32 Å². The van der Waals surface area contributed by atoms with E-state index in [1.807, 2.05) is 6.92 Å². The molecule has 0 radical (unpaired) electrons. The van der Waals surface area contributed by atoms with E-state index in [4.69, 9.17) is 5.11 Å². The molecule has 5 nitrogen and oxygen atoms in total. The van der Waals surface area contributed by atoms with E-state index in [-0.39, 0.29) is 12.1 Å². The van der Waals surface area contributed by atoms with Crippen molar-refractivity contribution in [2.75, 3.05) is 6.54 Å². The van der Waals surface area contributed by atoms with Gasteiger partial charge in [0.1, 0.15) is 6.04 Å². The third kappa shape index (κ3) is 5.09. The van der Waals surface area contributed by atoms with Crippen molar-refractivity contribution >= 4 is 12.0 Å². The van der Waals surface area contributed by atoms with Crippen molar-refractivity contribution in [3.63, 3.8) is 0 Å². The van der Waals surface area contributed by atoms with Crippen LogP contribution in [0.3, 0.4) is 0 Å².